The SMILES string of the molecule is C[S@](=O)c1c(NC2(CO)CCC2)nc(N2CCC(c3ncc(Cl)cn3)CC2)n2nccc12. The zero-order chi connectivity index (χ0) is 22.3. The molecule has 0 bridgehead atoms. The Balaban J connectivity index is 1.46. The third-order valence-electron chi connectivity index (χ3n) is 6.56. The van der Waals surface area contributed by atoms with E-state index in [4.69, 9.17) is 16.6 Å². The molecule has 0 aromatic carbocycles. The van der Waals surface area contributed by atoms with Crippen molar-refractivity contribution in [3.63, 3.8) is 0 Å². The van der Waals surface area contributed by atoms with Gasteiger partial charge in [-0.2, -0.15) is 14.6 Å². The van der Waals surface area contributed by atoms with Crippen LogP contribution in [0.5, 0.6) is 0 Å². The molecule has 1 aliphatic carbocycles. The minimum atomic E-state index is -1.27. The maximum atomic E-state index is 12.7. The average molecular weight is 476 g/mol. The summed E-state index contributed by atoms with van der Waals surface area (Å²) in [6, 6.07) is 1.87. The molecule has 1 aliphatic heterocycles. The summed E-state index contributed by atoms with van der Waals surface area (Å²) in [5.41, 5.74) is 0.379. The highest BCUT2D eigenvalue weighted by Crippen LogP contribution is 2.38. The van der Waals surface area contributed by atoms with Crippen molar-refractivity contribution in [3.05, 3.63) is 35.5 Å². The van der Waals surface area contributed by atoms with Crippen LogP contribution >= 0.6 is 11.6 Å². The first-order valence-corrected chi connectivity index (χ1v) is 12.8. The summed E-state index contributed by atoms with van der Waals surface area (Å²) in [4.78, 5) is 16.5. The zero-order valence-corrected chi connectivity index (χ0v) is 19.4. The molecule has 0 radical (unpaired) electrons. The van der Waals surface area contributed by atoms with E-state index in [1.807, 2.05) is 6.07 Å². The number of rotatable bonds is 6. The maximum Gasteiger partial charge on any atom is 0.229 e. The lowest BCUT2D eigenvalue weighted by Crippen LogP contribution is -2.49. The molecule has 1 saturated heterocycles. The largest absolute Gasteiger partial charge is 0.394 e. The molecule has 3 aromatic heterocycles. The summed E-state index contributed by atoms with van der Waals surface area (Å²) in [5.74, 6) is 2.37. The summed E-state index contributed by atoms with van der Waals surface area (Å²) in [6.45, 7) is 1.58. The van der Waals surface area contributed by atoms with E-state index >= 15 is 0 Å². The molecule has 2 N–H and O–H groups in total. The van der Waals surface area contributed by atoms with Gasteiger partial charge < -0.3 is 15.3 Å². The molecule has 170 valence electrons. The fourth-order valence-electron chi connectivity index (χ4n) is 4.58. The van der Waals surface area contributed by atoms with Gasteiger partial charge in [-0.1, -0.05) is 11.6 Å². The molecule has 3 aromatic rings. The van der Waals surface area contributed by atoms with Crippen molar-refractivity contribution < 1.29 is 9.32 Å². The minimum Gasteiger partial charge on any atom is -0.394 e. The molecule has 0 amide bonds. The number of anilines is 2. The number of aliphatic hydroxyl groups excluding tert-OH is 1. The molecule has 2 aliphatic rings. The standard InChI is InChI=1S/C21H26ClN7O2S/c1-32(31)17-16-3-8-25-29(16)20(26-19(17)27-21(13-30)6-2-7-21)28-9-4-14(5-10-28)18-23-11-15(22)12-24-18/h3,8,11-12,14,27,30H,2,4-7,9-10,13H2,1H3/t32-/m0/s1. The fraction of sp³-hybridized carbons (Fsp3) is 0.524. The molecule has 32 heavy (non-hydrogen) atoms. The lowest BCUT2D eigenvalue weighted by atomic mass is 9.77. The van der Waals surface area contributed by atoms with Gasteiger partial charge in [-0.3, -0.25) is 4.21 Å². The fourth-order valence-corrected chi connectivity index (χ4v) is 5.49. The number of nitrogens with zero attached hydrogens (tertiary/aromatic N) is 6. The van der Waals surface area contributed by atoms with Crippen molar-refractivity contribution in [2.24, 2.45) is 0 Å². The van der Waals surface area contributed by atoms with Crippen LogP contribution < -0.4 is 10.2 Å². The van der Waals surface area contributed by atoms with E-state index in [0.717, 1.165) is 56.5 Å². The van der Waals surface area contributed by atoms with Crippen LogP contribution in [0.3, 0.4) is 0 Å². The number of halogens is 1. The van der Waals surface area contributed by atoms with Gasteiger partial charge in [-0.25, -0.2) is 9.97 Å². The Hall–Kier alpha value is -2.30. The number of piperidine rings is 1. The van der Waals surface area contributed by atoms with Crippen molar-refractivity contribution >= 4 is 39.7 Å². The lowest BCUT2D eigenvalue weighted by molar-refractivity contribution is 0.143. The first kappa shape index (κ1) is 21.5. The van der Waals surface area contributed by atoms with Crippen molar-refractivity contribution in [1.82, 2.24) is 24.6 Å². The first-order valence-electron chi connectivity index (χ1n) is 10.8. The number of aliphatic hydroxyl groups is 1. The Morgan fingerprint density at radius 1 is 1.28 bits per heavy atom. The molecule has 0 spiro atoms. The predicted molar refractivity (Wildman–Crippen MR) is 124 cm³/mol. The molecule has 5 rings (SSSR count). The van der Waals surface area contributed by atoms with E-state index in [9.17, 15) is 9.32 Å². The molecular formula is C21H26ClN7O2S. The van der Waals surface area contributed by atoms with E-state index < -0.39 is 16.3 Å². The Kier molecular flexibility index (Phi) is 5.77. The van der Waals surface area contributed by atoms with Crippen LogP contribution in [0, 0.1) is 0 Å². The van der Waals surface area contributed by atoms with Crippen molar-refractivity contribution in [1.29, 1.82) is 0 Å². The summed E-state index contributed by atoms with van der Waals surface area (Å²) < 4.78 is 14.4. The normalized spacial score (nSPS) is 19.7. The molecule has 1 saturated carbocycles. The topological polar surface area (TPSA) is 109 Å². The smallest absolute Gasteiger partial charge is 0.229 e. The number of hydrogen-bond donors (Lipinski definition) is 2. The van der Waals surface area contributed by atoms with Gasteiger partial charge in [0.15, 0.2) is 0 Å². The first-order chi connectivity index (χ1) is 15.5. The van der Waals surface area contributed by atoms with E-state index in [2.05, 4.69) is 25.3 Å². The van der Waals surface area contributed by atoms with Gasteiger partial charge in [0.1, 0.15) is 16.5 Å². The van der Waals surface area contributed by atoms with E-state index in [0.29, 0.717) is 21.7 Å². The zero-order valence-electron chi connectivity index (χ0n) is 17.9. The van der Waals surface area contributed by atoms with Gasteiger partial charge in [-0.05, 0) is 38.2 Å². The van der Waals surface area contributed by atoms with Crippen LogP contribution in [0.1, 0.15) is 43.8 Å². The van der Waals surface area contributed by atoms with Crippen LogP contribution in [0.2, 0.25) is 5.02 Å². The predicted octanol–water partition coefficient (Wildman–Crippen LogP) is 2.62. The number of nitrogens with one attached hydrogen (secondary N) is 1. The summed E-state index contributed by atoms with van der Waals surface area (Å²) >= 11 is 5.92. The average Bonchev–Trinajstić information content (AvgIpc) is 3.25. The highest BCUT2D eigenvalue weighted by Gasteiger charge is 2.38. The van der Waals surface area contributed by atoms with Crippen LogP contribution in [0.15, 0.2) is 29.6 Å². The van der Waals surface area contributed by atoms with Crippen molar-refractivity contribution in [2.45, 2.75) is 48.5 Å². The Labute approximate surface area is 193 Å². The second kappa shape index (κ2) is 8.57. The van der Waals surface area contributed by atoms with E-state index in [-0.39, 0.29) is 12.5 Å². The third-order valence-corrected chi connectivity index (χ3v) is 7.73. The highest BCUT2D eigenvalue weighted by molar-refractivity contribution is 7.84. The van der Waals surface area contributed by atoms with Gasteiger partial charge in [0, 0.05) is 37.7 Å². The molecular weight excluding hydrogens is 450 g/mol. The van der Waals surface area contributed by atoms with Crippen LogP contribution in [0.25, 0.3) is 5.52 Å². The van der Waals surface area contributed by atoms with Gasteiger partial charge in [0.25, 0.3) is 0 Å². The quantitative estimate of drug-likeness (QED) is 0.560. The monoisotopic (exact) mass is 475 g/mol. The molecule has 0 unspecified atom stereocenters. The van der Waals surface area contributed by atoms with E-state index in [1.54, 1.807) is 29.4 Å². The Bertz CT molecular complexity index is 1140. The van der Waals surface area contributed by atoms with Crippen LogP contribution in [-0.2, 0) is 10.8 Å². The van der Waals surface area contributed by atoms with Crippen molar-refractivity contribution in [2.75, 3.05) is 36.2 Å². The second-order valence-electron chi connectivity index (χ2n) is 8.61. The lowest BCUT2D eigenvalue weighted by Gasteiger charge is -2.42. The maximum absolute atomic E-state index is 12.7. The van der Waals surface area contributed by atoms with E-state index in [1.165, 1.54) is 0 Å². The number of fused-ring (bicyclic) bond motifs is 1. The highest BCUT2D eigenvalue weighted by atomic mass is 35.5. The van der Waals surface area contributed by atoms with Crippen LogP contribution in [0.4, 0.5) is 11.8 Å². The summed E-state index contributed by atoms with van der Waals surface area (Å²) in [7, 11) is -1.27. The van der Waals surface area contributed by atoms with Gasteiger partial charge in [0.2, 0.25) is 5.95 Å². The molecule has 4 heterocycles. The Morgan fingerprint density at radius 3 is 2.59 bits per heavy atom. The number of aromatic nitrogens is 5. The molecule has 11 heteroatoms. The summed E-state index contributed by atoms with van der Waals surface area (Å²) in [6.07, 6.45) is 11.2. The third kappa shape index (κ3) is 3.84. The van der Waals surface area contributed by atoms with Crippen molar-refractivity contribution in [3.8, 4) is 0 Å². The Morgan fingerprint density at radius 2 is 2.00 bits per heavy atom. The minimum absolute atomic E-state index is 0.0245. The van der Waals surface area contributed by atoms with Gasteiger partial charge in [-0.15, -0.1) is 0 Å². The van der Waals surface area contributed by atoms with Gasteiger partial charge >= 0.3 is 0 Å². The second-order valence-corrected chi connectivity index (χ2v) is 10.4. The van der Waals surface area contributed by atoms with Crippen LogP contribution in [-0.4, -0.2) is 65.4 Å². The molecule has 1 atom stereocenters. The number of hydrogen-bond acceptors (Lipinski definition) is 8. The molecule has 2 fully saturated rings. The van der Waals surface area contributed by atoms with Gasteiger partial charge in [0.05, 0.1) is 39.7 Å². The molecule has 9 nitrogen and oxygen atoms in total. The summed E-state index contributed by atoms with van der Waals surface area (Å²) in [5, 5.41) is 18.4.